The van der Waals surface area contributed by atoms with E-state index in [1.165, 1.54) is 34.6 Å². The number of halogens is 1. The molecule has 0 amide bonds. The lowest BCUT2D eigenvalue weighted by molar-refractivity contribution is 0.463. The van der Waals surface area contributed by atoms with Gasteiger partial charge in [-0.1, -0.05) is 12.1 Å². The highest BCUT2D eigenvalue weighted by atomic mass is 32.1. The molecule has 0 saturated carbocycles. The number of benzene rings is 1. The number of rotatable bonds is 6. The fraction of sp³-hybridized carbons (Fsp3) is 0.368. The molecule has 4 rings (SSSR count). The molecule has 9 heteroatoms. The minimum absolute atomic E-state index is 0.201. The first-order valence-electron chi connectivity index (χ1n) is 9.30. The molecule has 7 nitrogen and oxygen atoms in total. The standard InChI is InChI=1S/C19H21FN6OS/c20-15-5-3-4-14(10-15)13-26-19(27)8-7-18(23-26)25-9-2-1-6-16(25)11-21-17-12-22-28-24-17/h3-5,7-8,10,12,16H,1-2,6,9,11,13H2,(H,21,24). The van der Waals surface area contributed by atoms with Crippen molar-refractivity contribution >= 4 is 23.4 Å². The van der Waals surface area contributed by atoms with Crippen LogP contribution in [0.3, 0.4) is 0 Å². The Hall–Kier alpha value is -2.81. The molecule has 1 saturated heterocycles. The highest BCUT2D eigenvalue weighted by Gasteiger charge is 2.24. The third-order valence-electron chi connectivity index (χ3n) is 4.88. The van der Waals surface area contributed by atoms with Crippen molar-refractivity contribution in [3.8, 4) is 0 Å². The second-order valence-electron chi connectivity index (χ2n) is 6.83. The fourth-order valence-corrected chi connectivity index (χ4v) is 3.89. The average Bonchev–Trinajstić information content (AvgIpc) is 3.22. The van der Waals surface area contributed by atoms with E-state index in [0.717, 1.165) is 44.0 Å². The molecule has 28 heavy (non-hydrogen) atoms. The molecule has 3 heterocycles. The van der Waals surface area contributed by atoms with Crippen LogP contribution in [0.1, 0.15) is 24.8 Å². The van der Waals surface area contributed by atoms with E-state index < -0.39 is 0 Å². The van der Waals surface area contributed by atoms with Crippen molar-refractivity contribution in [3.05, 3.63) is 64.3 Å². The Kier molecular flexibility index (Phi) is 5.61. The topological polar surface area (TPSA) is 75.9 Å². The lowest BCUT2D eigenvalue weighted by atomic mass is 10.0. The van der Waals surface area contributed by atoms with Gasteiger partial charge >= 0.3 is 0 Å². The largest absolute Gasteiger partial charge is 0.366 e. The maximum absolute atomic E-state index is 13.5. The van der Waals surface area contributed by atoms with Crippen LogP contribution >= 0.6 is 11.7 Å². The van der Waals surface area contributed by atoms with Crippen LogP contribution in [0.25, 0.3) is 0 Å². The van der Waals surface area contributed by atoms with E-state index in [2.05, 4.69) is 24.1 Å². The lowest BCUT2D eigenvalue weighted by Crippen LogP contribution is -2.45. The van der Waals surface area contributed by atoms with Crippen LogP contribution in [0.2, 0.25) is 0 Å². The molecule has 3 aromatic rings. The van der Waals surface area contributed by atoms with E-state index in [4.69, 9.17) is 0 Å². The smallest absolute Gasteiger partial charge is 0.267 e. The Labute approximate surface area is 166 Å². The minimum atomic E-state index is -0.319. The summed E-state index contributed by atoms with van der Waals surface area (Å²) in [5.74, 6) is 1.22. The second kappa shape index (κ2) is 8.47. The van der Waals surface area contributed by atoms with Crippen LogP contribution in [0, 0.1) is 5.82 Å². The molecule has 0 bridgehead atoms. The Morgan fingerprint density at radius 1 is 1.25 bits per heavy atom. The van der Waals surface area contributed by atoms with Gasteiger partial charge in [0.15, 0.2) is 5.82 Å². The summed E-state index contributed by atoms with van der Waals surface area (Å²) in [5, 5.41) is 7.89. The number of piperidine rings is 1. The Morgan fingerprint density at radius 2 is 2.18 bits per heavy atom. The summed E-state index contributed by atoms with van der Waals surface area (Å²) in [6.07, 6.45) is 4.99. The highest BCUT2D eigenvalue weighted by Crippen LogP contribution is 2.23. The SMILES string of the molecule is O=c1ccc(N2CCCCC2CNc2cnsn2)nn1Cc1cccc(F)c1. The van der Waals surface area contributed by atoms with Crippen molar-refractivity contribution in [3.63, 3.8) is 0 Å². The number of anilines is 2. The van der Waals surface area contributed by atoms with E-state index in [0.29, 0.717) is 5.56 Å². The van der Waals surface area contributed by atoms with Gasteiger partial charge in [-0.05, 0) is 43.0 Å². The van der Waals surface area contributed by atoms with Gasteiger partial charge < -0.3 is 10.2 Å². The Balaban J connectivity index is 1.53. The zero-order valence-corrected chi connectivity index (χ0v) is 16.1. The van der Waals surface area contributed by atoms with Crippen LogP contribution in [0.15, 0.2) is 47.4 Å². The molecule has 1 aliphatic heterocycles. The molecule has 1 atom stereocenters. The zero-order chi connectivity index (χ0) is 19.3. The molecule has 1 aliphatic rings. The van der Waals surface area contributed by atoms with Crippen LogP contribution < -0.4 is 15.8 Å². The van der Waals surface area contributed by atoms with Crippen LogP contribution in [0.4, 0.5) is 16.0 Å². The van der Waals surface area contributed by atoms with Gasteiger partial charge in [0, 0.05) is 25.2 Å². The van der Waals surface area contributed by atoms with Crippen molar-refractivity contribution in [2.24, 2.45) is 0 Å². The van der Waals surface area contributed by atoms with E-state index in [1.54, 1.807) is 24.4 Å². The maximum atomic E-state index is 13.5. The van der Waals surface area contributed by atoms with Crippen molar-refractivity contribution in [2.75, 3.05) is 23.3 Å². The van der Waals surface area contributed by atoms with Gasteiger partial charge in [-0.3, -0.25) is 4.79 Å². The van der Waals surface area contributed by atoms with Crippen LogP contribution in [-0.2, 0) is 6.54 Å². The molecule has 2 aromatic heterocycles. The van der Waals surface area contributed by atoms with Gasteiger partial charge in [0.1, 0.15) is 11.6 Å². The maximum Gasteiger partial charge on any atom is 0.267 e. The van der Waals surface area contributed by atoms with Gasteiger partial charge in [0.25, 0.3) is 5.56 Å². The van der Waals surface area contributed by atoms with Gasteiger partial charge in [-0.25, -0.2) is 9.07 Å². The van der Waals surface area contributed by atoms with Gasteiger partial charge in [0.2, 0.25) is 0 Å². The number of aromatic nitrogens is 4. The second-order valence-corrected chi connectivity index (χ2v) is 7.39. The lowest BCUT2D eigenvalue weighted by Gasteiger charge is -2.36. The third kappa shape index (κ3) is 4.36. The van der Waals surface area contributed by atoms with Crippen molar-refractivity contribution in [2.45, 2.75) is 31.8 Å². The molecular weight excluding hydrogens is 379 g/mol. The van der Waals surface area contributed by atoms with E-state index in [1.807, 2.05) is 0 Å². The molecule has 1 aromatic carbocycles. The molecule has 0 radical (unpaired) electrons. The Bertz CT molecular complexity index is 977. The van der Waals surface area contributed by atoms with Gasteiger partial charge in [-0.2, -0.15) is 13.8 Å². The van der Waals surface area contributed by atoms with Gasteiger partial charge in [-0.15, -0.1) is 0 Å². The first-order valence-corrected chi connectivity index (χ1v) is 10.0. The van der Waals surface area contributed by atoms with Gasteiger partial charge in [0.05, 0.1) is 24.5 Å². The summed E-state index contributed by atoms with van der Waals surface area (Å²) in [6.45, 7) is 1.86. The van der Waals surface area contributed by atoms with E-state index >= 15 is 0 Å². The summed E-state index contributed by atoms with van der Waals surface area (Å²) >= 11 is 1.18. The fourth-order valence-electron chi connectivity index (χ4n) is 3.49. The highest BCUT2D eigenvalue weighted by molar-refractivity contribution is 6.99. The predicted molar refractivity (Wildman–Crippen MR) is 107 cm³/mol. The monoisotopic (exact) mass is 400 g/mol. The first-order chi connectivity index (χ1) is 13.7. The van der Waals surface area contributed by atoms with Crippen LogP contribution in [0.5, 0.6) is 0 Å². The predicted octanol–water partition coefficient (Wildman–Crippen LogP) is 2.75. The zero-order valence-electron chi connectivity index (χ0n) is 15.3. The summed E-state index contributed by atoms with van der Waals surface area (Å²) in [7, 11) is 0. The summed E-state index contributed by atoms with van der Waals surface area (Å²) in [4.78, 5) is 14.5. The molecule has 1 N–H and O–H groups in total. The molecular formula is C19H21FN6OS. The van der Waals surface area contributed by atoms with E-state index in [-0.39, 0.29) is 24.0 Å². The number of nitrogens with zero attached hydrogens (tertiary/aromatic N) is 5. The summed E-state index contributed by atoms with van der Waals surface area (Å²) in [5.41, 5.74) is 0.507. The Morgan fingerprint density at radius 3 is 3.00 bits per heavy atom. The number of hydrogen-bond acceptors (Lipinski definition) is 7. The molecule has 1 unspecified atom stereocenters. The van der Waals surface area contributed by atoms with Crippen LogP contribution in [-0.4, -0.2) is 37.7 Å². The quantitative estimate of drug-likeness (QED) is 0.686. The van der Waals surface area contributed by atoms with Crippen molar-refractivity contribution in [1.82, 2.24) is 18.5 Å². The summed E-state index contributed by atoms with van der Waals surface area (Å²) < 4.78 is 23.1. The normalized spacial score (nSPS) is 16.9. The van der Waals surface area contributed by atoms with Crippen molar-refractivity contribution < 1.29 is 4.39 Å². The first kappa shape index (κ1) is 18.5. The molecule has 146 valence electrons. The number of nitrogens with one attached hydrogen (secondary N) is 1. The average molecular weight is 400 g/mol. The van der Waals surface area contributed by atoms with Crippen molar-refractivity contribution in [1.29, 1.82) is 0 Å². The molecule has 0 spiro atoms. The minimum Gasteiger partial charge on any atom is -0.366 e. The summed E-state index contributed by atoms with van der Waals surface area (Å²) in [6, 6.07) is 9.80. The third-order valence-corrected chi connectivity index (χ3v) is 5.35. The number of hydrogen-bond donors (Lipinski definition) is 1. The molecule has 1 fully saturated rings. The molecule has 0 aliphatic carbocycles. The van der Waals surface area contributed by atoms with E-state index in [9.17, 15) is 9.18 Å².